The molecule has 1 N–H and O–H groups in total. The number of amides is 1. The molecule has 6 heteroatoms. The van der Waals surface area contributed by atoms with Crippen molar-refractivity contribution in [2.45, 2.75) is 23.5 Å². The second kappa shape index (κ2) is 8.04. The van der Waals surface area contributed by atoms with E-state index in [1.165, 1.54) is 0 Å². The lowest BCUT2D eigenvalue weighted by Crippen LogP contribution is -2.38. The molecule has 2 heterocycles. The van der Waals surface area contributed by atoms with Crippen molar-refractivity contribution in [2.75, 3.05) is 18.4 Å². The normalized spacial score (nSPS) is 21.0. The molecule has 0 bridgehead atoms. The zero-order valence-corrected chi connectivity index (χ0v) is 14.8. The number of carbonyl (C=O) groups is 1. The van der Waals surface area contributed by atoms with E-state index in [-0.39, 0.29) is 23.9 Å². The SMILES string of the molecule is CCN1C(=O)C(CNc2ccccc2)S[C@H]1C(C#N)c1cccnc1.[HH]. The summed E-state index contributed by atoms with van der Waals surface area (Å²) in [7, 11) is 0. The maximum atomic E-state index is 12.8. The predicted molar refractivity (Wildman–Crippen MR) is 102 cm³/mol. The second-order valence-corrected chi connectivity index (χ2v) is 7.10. The molecular weight excluding hydrogens is 332 g/mol. The van der Waals surface area contributed by atoms with E-state index in [1.54, 1.807) is 24.2 Å². The maximum Gasteiger partial charge on any atom is 0.238 e. The molecule has 0 saturated carbocycles. The molecule has 1 aromatic carbocycles. The maximum absolute atomic E-state index is 12.8. The van der Waals surface area contributed by atoms with Gasteiger partial charge < -0.3 is 10.2 Å². The number of nitriles is 1. The minimum absolute atomic E-state index is 0. The lowest BCUT2D eigenvalue weighted by Gasteiger charge is -2.25. The molecule has 0 spiro atoms. The number of thioether (sulfide) groups is 1. The molecule has 2 unspecified atom stereocenters. The number of nitrogens with one attached hydrogen (secondary N) is 1. The average Bonchev–Trinajstić information content (AvgIpc) is 2.98. The highest BCUT2D eigenvalue weighted by Gasteiger charge is 2.43. The quantitative estimate of drug-likeness (QED) is 0.862. The third-order valence-electron chi connectivity index (χ3n) is 4.24. The standard InChI is InChI=1S/C19H20N4OS.H2/c1-2-23-18(24)17(13-22-15-8-4-3-5-9-15)25-19(23)16(11-20)14-7-6-10-21-12-14;/h3-10,12,16-17,19,22H,2,13H2,1H3;1H/t16?,17?,19-;/m0./s1. The van der Waals surface area contributed by atoms with Crippen LogP contribution in [-0.4, -0.2) is 39.5 Å². The van der Waals surface area contributed by atoms with Crippen molar-refractivity contribution < 1.29 is 6.22 Å². The molecular formula is C19H22N4OS. The highest BCUT2D eigenvalue weighted by molar-refractivity contribution is 8.01. The molecule has 2 aromatic rings. The van der Waals surface area contributed by atoms with Crippen LogP contribution in [-0.2, 0) is 4.79 Å². The highest BCUT2D eigenvalue weighted by Crippen LogP contribution is 2.39. The molecule has 1 fully saturated rings. The van der Waals surface area contributed by atoms with Crippen LogP contribution >= 0.6 is 11.8 Å². The molecule has 5 nitrogen and oxygen atoms in total. The number of carbonyl (C=O) groups excluding carboxylic acids is 1. The number of nitrogens with zero attached hydrogens (tertiary/aromatic N) is 3. The monoisotopic (exact) mass is 354 g/mol. The van der Waals surface area contributed by atoms with Gasteiger partial charge in [-0.05, 0) is 30.7 Å². The number of hydrogen-bond acceptors (Lipinski definition) is 5. The Morgan fingerprint density at radius 1 is 1.36 bits per heavy atom. The van der Waals surface area contributed by atoms with Crippen molar-refractivity contribution in [3.05, 3.63) is 60.4 Å². The number of para-hydroxylation sites is 1. The number of anilines is 1. The highest BCUT2D eigenvalue weighted by atomic mass is 32.2. The van der Waals surface area contributed by atoms with Gasteiger partial charge in [-0.2, -0.15) is 5.26 Å². The van der Waals surface area contributed by atoms with Gasteiger partial charge in [0.05, 0.1) is 11.4 Å². The number of hydrogen-bond donors (Lipinski definition) is 1. The predicted octanol–water partition coefficient (Wildman–Crippen LogP) is 3.34. The molecule has 130 valence electrons. The van der Waals surface area contributed by atoms with Gasteiger partial charge in [0, 0.05) is 32.6 Å². The van der Waals surface area contributed by atoms with Crippen molar-refractivity contribution in [3.8, 4) is 6.07 Å². The Bertz CT molecular complexity index is 753. The van der Waals surface area contributed by atoms with Gasteiger partial charge in [0.15, 0.2) is 0 Å². The fourth-order valence-corrected chi connectivity index (χ4v) is 4.51. The van der Waals surface area contributed by atoms with Crippen LogP contribution in [0.3, 0.4) is 0 Å². The van der Waals surface area contributed by atoms with Crippen LogP contribution in [0.1, 0.15) is 19.8 Å². The summed E-state index contributed by atoms with van der Waals surface area (Å²) in [5, 5.41) is 12.6. The van der Waals surface area contributed by atoms with Crippen LogP contribution in [0.15, 0.2) is 54.9 Å². The van der Waals surface area contributed by atoms with Gasteiger partial charge in [0.25, 0.3) is 0 Å². The first kappa shape index (κ1) is 17.3. The van der Waals surface area contributed by atoms with E-state index in [4.69, 9.17) is 0 Å². The van der Waals surface area contributed by atoms with Crippen LogP contribution in [0.25, 0.3) is 0 Å². The van der Waals surface area contributed by atoms with E-state index in [9.17, 15) is 10.1 Å². The van der Waals surface area contributed by atoms with E-state index < -0.39 is 0 Å². The van der Waals surface area contributed by atoms with Gasteiger partial charge in [-0.25, -0.2) is 0 Å². The van der Waals surface area contributed by atoms with Crippen molar-refractivity contribution in [2.24, 2.45) is 0 Å². The molecule has 1 aliphatic heterocycles. The number of likely N-dealkylation sites (N-methyl/N-ethyl adjacent to an activating group) is 1. The van der Waals surface area contributed by atoms with E-state index in [0.29, 0.717) is 13.1 Å². The second-order valence-electron chi connectivity index (χ2n) is 5.78. The summed E-state index contributed by atoms with van der Waals surface area (Å²) in [5.74, 6) is -0.297. The third kappa shape index (κ3) is 3.77. The van der Waals surface area contributed by atoms with Gasteiger partial charge in [-0.1, -0.05) is 24.3 Å². The van der Waals surface area contributed by atoms with Crippen LogP contribution in [0.5, 0.6) is 0 Å². The van der Waals surface area contributed by atoms with Crippen LogP contribution in [0.4, 0.5) is 5.69 Å². The first-order chi connectivity index (χ1) is 12.2. The summed E-state index contributed by atoms with van der Waals surface area (Å²) in [6, 6.07) is 15.9. The van der Waals surface area contributed by atoms with Gasteiger partial charge in [-0.15, -0.1) is 11.8 Å². The zero-order chi connectivity index (χ0) is 17.6. The molecule has 25 heavy (non-hydrogen) atoms. The summed E-state index contributed by atoms with van der Waals surface area (Å²) >= 11 is 1.56. The molecule has 3 rings (SSSR count). The molecule has 1 aromatic heterocycles. The van der Waals surface area contributed by atoms with Crippen molar-refractivity contribution in [1.29, 1.82) is 5.26 Å². The number of aromatic nitrogens is 1. The van der Waals surface area contributed by atoms with E-state index in [0.717, 1.165) is 11.3 Å². The summed E-state index contributed by atoms with van der Waals surface area (Å²) in [6.07, 6.45) is 3.40. The Kier molecular flexibility index (Phi) is 5.56. The molecule has 1 saturated heterocycles. The first-order valence-corrected chi connectivity index (χ1v) is 9.23. The van der Waals surface area contributed by atoms with Crippen molar-refractivity contribution in [3.63, 3.8) is 0 Å². The van der Waals surface area contributed by atoms with Gasteiger partial charge >= 0.3 is 0 Å². The fourth-order valence-electron chi connectivity index (χ4n) is 2.97. The van der Waals surface area contributed by atoms with Crippen LogP contribution in [0.2, 0.25) is 0 Å². The average molecular weight is 354 g/mol. The summed E-state index contributed by atoms with van der Waals surface area (Å²) in [6.45, 7) is 3.10. The molecule has 1 amide bonds. The van der Waals surface area contributed by atoms with Gasteiger partial charge in [0.2, 0.25) is 5.91 Å². The Morgan fingerprint density at radius 3 is 2.80 bits per heavy atom. The van der Waals surface area contributed by atoms with E-state index in [2.05, 4.69) is 16.4 Å². The molecule has 3 atom stereocenters. The fraction of sp³-hybridized carbons (Fsp3) is 0.316. The number of pyridine rings is 1. The Labute approximate surface area is 153 Å². The number of rotatable bonds is 6. The lowest BCUT2D eigenvalue weighted by atomic mass is 10.0. The first-order valence-electron chi connectivity index (χ1n) is 8.29. The summed E-state index contributed by atoms with van der Waals surface area (Å²) in [4.78, 5) is 18.7. The Balaban J connectivity index is 0.00000243. The molecule has 0 aliphatic carbocycles. The van der Waals surface area contributed by atoms with Gasteiger partial charge in [0.1, 0.15) is 11.2 Å². The molecule has 1 aliphatic rings. The Hall–Kier alpha value is -2.52. The molecule has 0 radical (unpaired) electrons. The van der Waals surface area contributed by atoms with Crippen LogP contribution in [0, 0.1) is 11.3 Å². The smallest absolute Gasteiger partial charge is 0.238 e. The summed E-state index contributed by atoms with van der Waals surface area (Å²) in [5.41, 5.74) is 1.84. The summed E-state index contributed by atoms with van der Waals surface area (Å²) < 4.78 is 0. The van der Waals surface area contributed by atoms with E-state index in [1.807, 2.05) is 54.3 Å². The van der Waals surface area contributed by atoms with Gasteiger partial charge in [-0.3, -0.25) is 9.78 Å². The van der Waals surface area contributed by atoms with Crippen molar-refractivity contribution >= 4 is 23.4 Å². The van der Waals surface area contributed by atoms with E-state index >= 15 is 0 Å². The van der Waals surface area contributed by atoms with Crippen molar-refractivity contribution in [1.82, 2.24) is 9.88 Å². The number of benzene rings is 1. The lowest BCUT2D eigenvalue weighted by molar-refractivity contribution is -0.129. The minimum atomic E-state index is -0.385. The third-order valence-corrected chi connectivity index (χ3v) is 5.75. The Morgan fingerprint density at radius 2 is 2.16 bits per heavy atom. The zero-order valence-electron chi connectivity index (χ0n) is 14.0. The topological polar surface area (TPSA) is 69.0 Å². The largest absolute Gasteiger partial charge is 0.383 e. The van der Waals surface area contributed by atoms with Crippen LogP contribution < -0.4 is 5.32 Å². The minimum Gasteiger partial charge on any atom is -0.383 e.